The van der Waals surface area contributed by atoms with Crippen LogP contribution in [0.2, 0.25) is 0 Å². The first-order valence-electron chi connectivity index (χ1n) is 6.88. The van der Waals surface area contributed by atoms with Crippen LogP contribution in [0.3, 0.4) is 0 Å². The Kier molecular flexibility index (Phi) is 4.60. The van der Waals surface area contributed by atoms with Gasteiger partial charge in [-0.1, -0.05) is 12.8 Å². The van der Waals surface area contributed by atoms with E-state index in [1.54, 1.807) is 0 Å². The number of carbonyl (C=O) groups is 1. The van der Waals surface area contributed by atoms with Gasteiger partial charge < -0.3 is 0 Å². The summed E-state index contributed by atoms with van der Waals surface area (Å²) in [7, 11) is 0. The molecule has 1 fully saturated rings. The molecule has 1 aliphatic rings. The van der Waals surface area contributed by atoms with Crippen molar-refractivity contribution in [2.45, 2.75) is 58.9 Å². The molecule has 0 saturated heterocycles. The number of Topliss-reactive ketones (excluding diaryl/α,β-unsaturated/α-hetero) is 1. The minimum absolute atomic E-state index is 0.336. The maximum absolute atomic E-state index is 12.1. The normalized spacial score (nSPS) is 16.4. The molecule has 0 aromatic carbocycles. The van der Waals surface area contributed by atoms with E-state index in [2.05, 4.69) is 28.0 Å². The number of ketones is 1. The molecule has 0 amide bonds. The van der Waals surface area contributed by atoms with Crippen molar-refractivity contribution < 1.29 is 4.79 Å². The highest BCUT2D eigenvalue weighted by atomic mass is 79.9. The fraction of sp³-hybridized carbons (Fsp3) is 0.714. The molecule has 0 atom stereocenters. The molecule has 0 unspecified atom stereocenters. The van der Waals surface area contributed by atoms with Crippen LogP contribution in [0.15, 0.2) is 4.47 Å². The standard InChI is InChI=1S/C14H21BrN2O/c1-3-17-12(14(15)10(2)16-17)8-9-13(18)11-6-4-5-7-11/h11H,3-9H2,1-2H3. The van der Waals surface area contributed by atoms with Gasteiger partial charge in [0.1, 0.15) is 5.78 Å². The summed E-state index contributed by atoms with van der Waals surface area (Å²) in [5, 5.41) is 4.46. The highest BCUT2D eigenvalue weighted by molar-refractivity contribution is 9.10. The van der Waals surface area contributed by atoms with Crippen LogP contribution in [0.1, 0.15) is 50.4 Å². The summed E-state index contributed by atoms with van der Waals surface area (Å²) in [4.78, 5) is 12.1. The molecule has 0 radical (unpaired) electrons. The number of hydrogen-bond donors (Lipinski definition) is 0. The van der Waals surface area contributed by atoms with Crippen molar-refractivity contribution >= 4 is 21.7 Å². The predicted octanol–water partition coefficient (Wildman–Crippen LogP) is 3.67. The fourth-order valence-corrected chi connectivity index (χ4v) is 3.28. The molecule has 1 heterocycles. The third-order valence-electron chi connectivity index (χ3n) is 3.87. The second-order valence-corrected chi connectivity index (χ2v) is 5.90. The summed E-state index contributed by atoms with van der Waals surface area (Å²) < 4.78 is 3.07. The van der Waals surface area contributed by atoms with Gasteiger partial charge >= 0.3 is 0 Å². The van der Waals surface area contributed by atoms with Gasteiger partial charge in [-0.15, -0.1) is 0 Å². The van der Waals surface area contributed by atoms with Crippen LogP contribution >= 0.6 is 15.9 Å². The van der Waals surface area contributed by atoms with Gasteiger partial charge in [0.15, 0.2) is 0 Å². The molecule has 1 aromatic heterocycles. The zero-order chi connectivity index (χ0) is 13.1. The second kappa shape index (κ2) is 6.00. The second-order valence-electron chi connectivity index (χ2n) is 5.11. The predicted molar refractivity (Wildman–Crippen MR) is 75.6 cm³/mol. The van der Waals surface area contributed by atoms with Crippen LogP contribution in [0.4, 0.5) is 0 Å². The molecule has 0 N–H and O–H groups in total. The molecule has 1 aromatic rings. The molecule has 100 valence electrons. The summed E-state index contributed by atoms with van der Waals surface area (Å²) in [5.74, 6) is 0.781. The number of halogens is 1. The largest absolute Gasteiger partial charge is 0.299 e. The van der Waals surface area contributed by atoms with Crippen LogP contribution < -0.4 is 0 Å². The monoisotopic (exact) mass is 312 g/mol. The van der Waals surface area contributed by atoms with Crippen LogP contribution in [-0.4, -0.2) is 15.6 Å². The third-order valence-corrected chi connectivity index (χ3v) is 4.90. The summed E-state index contributed by atoms with van der Waals surface area (Å²) in [6, 6.07) is 0. The maximum atomic E-state index is 12.1. The number of hydrogen-bond acceptors (Lipinski definition) is 2. The van der Waals surface area contributed by atoms with Crippen molar-refractivity contribution in [2.24, 2.45) is 5.92 Å². The van der Waals surface area contributed by atoms with Crippen molar-refractivity contribution in [3.63, 3.8) is 0 Å². The summed E-state index contributed by atoms with van der Waals surface area (Å²) in [6.45, 7) is 4.94. The van der Waals surface area contributed by atoms with Gasteiger partial charge in [-0.2, -0.15) is 5.10 Å². The Labute approximate surface area is 117 Å². The minimum Gasteiger partial charge on any atom is -0.299 e. The molecule has 1 aliphatic carbocycles. The number of carbonyl (C=O) groups excluding carboxylic acids is 1. The van der Waals surface area contributed by atoms with Crippen molar-refractivity contribution in [1.82, 2.24) is 9.78 Å². The van der Waals surface area contributed by atoms with Gasteiger partial charge in [-0.25, -0.2) is 0 Å². The quantitative estimate of drug-likeness (QED) is 0.831. The molecular formula is C14H21BrN2O. The maximum Gasteiger partial charge on any atom is 0.136 e. The first-order chi connectivity index (χ1) is 8.63. The van der Waals surface area contributed by atoms with E-state index in [1.807, 2.05) is 11.6 Å². The first-order valence-corrected chi connectivity index (χ1v) is 7.67. The van der Waals surface area contributed by atoms with E-state index in [-0.39, 0.29) is 0 Å². The average molecular weight is 313 g/mol. The van der Waals surface area contributed by atoms with Gasteiger partial charge in [0.2, 0.25) is 0 Å². The van der Waals surface area contributed by atoms with Crippen molar-refractivity contribution in [3.05, 3.63) is 15.9 Å². The Balaban J connectivity index is 1.99. The molecular weight excluding hydrogens is 292 g/mol. The Morgan fingerprint density at radius 1 is 1.44 bits per heavy atom. The van der Waals surface area contributed by atoms with Gasteiger partial charge in [0.25, 0.3) is 0 Å². The molecule has 3 nitrogen and oxygen atoms in total. The lowest BCUT2D eigenvalue weighted by Crippen LogP contribution is -2.13. The lowest BCUT2D eigenvalue weighted by molar-refractivity contribution is -0.122. The Morgan fingerprint density at radius 3 is 2.72 bits per heavy atom. The van der Waals surface area contributed by atoms with Crippen molar-refractivity contribution in [1.29, 1.82) is 0 Å². The van der Waals surface area contributed by atoms with Gasteiger partial charge in [-0.3, -0.25) is 9.48 Å². The first kappa shape index (κ1) is 13.8. The summed E-state index contributed by atoms with van der Waals surface area (Å²) in [5.41, 5.74) is 2.18. The van der Waals surface area contributed by atoms with Crippen molar-refractivity contribution in [3.8, 4) is 0 Å². The van der Waals surface area contributed by atoms with E-state index in [0.717, 1.165) is 36.0 Å². The summed E-state index contributed by atoms with van der Waals surface area (Å²) >= 11 is 3.58. The number of aromatic nitrogens is 2. The van der Waals surface area contributed by atoms with Crippen molar-refractivity contribution in [2.75, 3.05) is 0 Å². The Hall–Kier alpha value is -0.640. The molecule has 0 spiro atoms. The zero-order valence-corrected chi connectivity index (χ0v) is 12.8. The number of aryl methyl sites for hydroxylation is 2. The third kappa shape index (κ3) is 2.85. The Morgan fingerprint density at radius 2 is 2.11 bits per heavy atom. The topological polar surface area (TPSA) is 34.9 Å². The van der Waals surface area contributed by atoms with E-state index >= 15 is 0 Å². The van der Waals surface area contributed by atoms with Gasteiger partial charge in [-0.05, 0) is 49.0 Å². The van der Waals surface area contributed by atoms with E-state index in [9.17, 15) is 4.79 Å². The van der Waals surface area contributed by atoms with Crippen LogP contribution in [0.5, 0.6) is 0 Å². The molecule has 0 aliphatic heterocycles. The molecule has 2 rings (SSSR count). The van der Waals surface area contributed by atoms with E-state index < -0.39 is 0 Å². The van der Waals surface area contributed by atoms with E-state index in [0.29, 0.717) is 18.1 Å². The van der Waals surface area contributed by atoms with Crippen LogP contribution in [-0.2, 0) is 17.8 Å². The van der Waals surface area contributed by atoms with Gasteiger partial charge in [0.05, 0.1) is 15.9 Å². The summed E-state index contributed by atoms with van der Waals surface area (Å²) in [6.07, 6.45) is 6.13. The average Bonchev–Trinajstić information content (AvgIpc) is 2.97. The van der Waals surface area contributed by atoms with Gasteiger partial charge in [0, 0.05) is 18.9 Å². The smallest absolute Gasteiger partial charge is 0.136 e. The lowest BCUT2D eigenvalue weighted by atomic mass is 9.98. The molecule has 4 heteroatoms. The zero-order valence-electron chi connectivity index (χ0n) is 11.2. The highest BCUT2D eigenvalue weighted by Crippen LogP contribution is 2.28. The van der Waals surface area contributed by atoms with Crippen LogP contribution in [0, 0.1) is 12.8 Å². The molecule has 0 bridgehead atoms. The lowest BCUT2D eigenvalue weighted by Gasteiger charge is -2.09. The Bertz CT molecular complexity index is 433. The highest BCUT2D eigenvalue weighted by Gasteiger charge is 2.23. The fourth-order valence-electron chi connectivity index (χ4n) is 2.80. The van der Waals surface area contributed by atoms with E-state index in [4.69, 9.17) is 0 Å². The number of rotatable bonds is 5. The van der Waals surface area contributed by atoms with Crippen LogP contribution in [0.25, 0.3) is 0 Å². The minimum atomic E-state index is 0.336. The molecule has 1 saturated carbocycles. The molecule has 18 heavy (non-hydrogen) atoms. The SMILES string of the molecule is CCn1nc(C)c(Br)c1CCC(=O)C1CCCC1. The van der Waals surface area contributed by atoms with E-state index in [1.165, 1.54) is 18.5 Å². The number of nitrogens with zero attached hydrogens (tertiary/aromatic N) is 2.